The highest BCUT2D eigenvalue weighted by atomic mass is 35.5. The predicted molar refractivity (Wildman–Crippen MR) is 103 cm³/mol. The van der Waals surface area contributed by atoms with E-state index < -0.39 is 12.1 Å². The zero-order chi connectivity index (χ0) is 17.5. The van der Waals surface area contributed by atoms with Gasteiger partial charge in [-0.05, 0) is 43.2 Å². The molecule has 4 N–H and O–H groups in total. The maximum atomic E-state index is 12.1. The van der Waals surface area contributed by atoms with Crippen molar-refractivity contribution in [2.24, 2.45) is 5.73 Å². The monoisotopic (exact) mass is 381 g/mol. The molecule has 0 spiro atoms. The molecule has 0 aromatic heterocycles. The van der Waals surface area contributed by atoms with Gasteiger partial charge < -0.3 is 16.4 Å². The molecule has 2 atom stereocenters. The van der Waals surface area contributed by atoms with E-state index >= 15 is 0 Å². The Morgan fingerprint density at radius 2 is 1.64 bits per heavy atom. The van der Waals surface area contributed by atoms with Crippen LogP contribution in [-0.4, -0.2) is 23.9 Å². The molecule has 0 unspecified atom stereocenters. The summed E-state index contributed by atoms with van der Waals surface area (Å²) in [4.78, 5) is 24.2. The summed E-state index contributed by atoms with van der Waals surface area (Å²) in [7, 11) is 0. The summed E-state index contributed by atoms with van der Waals surface area (Å²) in [6.07, 6.45) is 0.371. The van der Waals surface area contributed by atoms with Crippen LogP contribution in [0.3, 0.4) is 0 Å². The number of amides is 2. The molecule has 0 bridgehead atoms. The molecule has 0 aliphatic carbocycles. The number of benzene rings is 2. The van der Waals surface area contributed by atoms with E-state index in [-0.39, 0.29) is 24.2 Å². The molecule has 7 heteroatoms. The van der Waals surface area contributed by atoms with Crippen LogP contribution in [0.15, 0.2) is 54.6 Å². The highest BCUT2D eigenvalue weighted by molar-refractivity contribution is 6.30. The fourth-order valence-electron chi connectivity index (χ4n) is 2.13. The van der Waals surface area contributed by atoms with Crippen molar-refractivity contribution in [1.82, 2.24) is 5.32 Å². The fourth-order valence-corrected chi connectivity index (χ4v) is 2.25. The van der Waals surface area contributed by atoms with E-state index in [1.807, 2.05) is 30.3 Å². The molecule has 25 heavy (non-hydrogen) atoms. The average molecular weight is 382 g/mol. The molecule has 5 nitrogen and oxygen atoms in total. The summed E-state index contributed by atoms with van der Waals surface area (Å²) in [6.45, 7) is 1.62. The van der Waals surface area contributed by atoms with Crippen molar-refractivity contribution >= 4 is 41.5 Å². The maximum Gasteiger partial charge on any atom is 0.246 e. The number of nitrogens with two attached hydrogens (primary N) is 1. The first-order valence-electron chi connectivity index (χ1n) is 7.62. The summed E-state index contributed by atoms with van der Waals surface area (Å²) >= 11 is 5.83. The third-order valence-corrected chi connectivity index (χ3v) is 3.75. The number of carbonyl (C=O) groups is 2. The van der Waals surface area contributed by atoms with Gasteiger partial charge in [-0.3, -0.25) is 9.59 Å². The van der Waals surface area contributed by atoms with Gasteiger partial charge in [0.25, 0.3) is 0 Å². The number of hydrogen-bond acceptors (Lipinski definition) is 3. The third kappa shape index (κ3) is 6.74. The molecule has 0 saturated carbocycles. The molecule has 2 rings (SSSR count). The van der Waals surface area contributed by atoms with Crippen molar-refractivity contribution in [3.63, 3.8) is 0 Å². The molecule has 134 valence electrons. The molecule has 0 aliphatic rings. The Morgan fingerprint density at radius 3 is 2.24 bits per heavy atom. The number of hydrogen-bond donors (Lipinski definition) is 3. The number of nitrogens with one attached hydrogen (secondary N) is 2. The van der Waals surface area contributed by atoms with Gasteiger partial charge in [-0.25, -0.2) is 0 Å². The van der Waals surface area contributed by atoms with E-state index in [1.165, 1.54) is 0 Å². The lowest BCUT2D eigenvalue weighted by Crippen LogP contribution is -2.49. The van der Waals surface area contributed by atoms with Crippen LogP contribution in [0.2, 0.25) is 5.02 Å². The Hall–Kier alpha value is -2.08. The van der Waals surface area contributed by atoms with Crippen LogP contribution >= 0.6 is 24.0 Å². The Bertz CT molecular complexity index is 693. The standard InChI is InChI=1S/C18H20ClN3O2.ClH/c1-12(17(23)22-15-5-3-2-4-6-15)21-18(24)16(20)11-13-7-9-14(19)10-8-13;/h2-10,12,16H,11,20H2,1H3,(H,21,24)(H,22,23);1H/t12-,16-;/m0./s1. The Morgan fingerprint density at radius 1 is 1.04 bits per heavy atom. The SMILES string of the molecule is C[C@H](NC(=O)[C@@H](N)Cc1ccc(Cl)cc1)C(=O)Nc1ccccc1.Cl. The molecule has 0 radical (unpaired) electrons. The van der Waals surface area contributed by atoms with Gasteiger partial charge in [-0.1, -0.05) is 41.9 Å². The van der Waals surface area contributed by atoms with E-state index in [0.29, 0.717) is 17.1 Å². The van der Waals surface area contributed by atoms with Crippen LogP contribution in [0, 0.1) is 0 Å². The van der Waals surface area contributed by atoms with Crippen molar-refractivity contribution in [2.45, 2.75) is 25.4 Å². The number of rotatable bonds is 6. The lowest BCUT2D eigenvalue weighted by molar-refractivity contribution is -0.127. The van der Waals surface area contributed by atoms with Crippen LogP contribution in [-0.2, 0) is 16.0 Å². The second kappa shape index (κ2) is 10.0. The maximum absolute atomic E-state index is 12.1. The molecular formula is C18H21Cl2N3O2. The number of halogens is 2. The predicted octanol–water partition coefficient (Wildman–Crippen LogP) is 2.78. The quantitative estimate of drug-likeness (QED) is 0.718. The molecule has 0 fully saturated rings. The van der Waals surface area contributed by atoms with Crippen LogP contribution in [0.4, 0.5) is 5.69 Å². The Balaban J connectivity index is 0.00000312. The van der Waals surface area contributed by atoms with E-state index in [4.69, 9.17) is 17.3 Å². The van der Waals surface area contributed by atoms with Gasteiger partial charge in [0, 0.05) is 10.7 Å². The van der Waals surface area contributed by atoms with Crippen molar-refractivity contribution in [3.05, 3.63) is 65.2 Å². The molecule has 0 aliphatic heterocycles. The van der Waals surface area contributed by atoms with Gasteiger partial charge in [-0.2, -0.15) is 0 Å². The molecule has 0 saturated heterocycles. The minimum absolute atomic E-state index is 0. The Labute approximate surface area is 158 Å². The summed E-state index contributed by atoms with van der Waals surface area (Å²) in [5.41, 5.74) is 7.49. The van der Waals surface area contributed by atoms with Crippen molar-refractivity contribution in [1.29, 1.82) is 0 Å². The zero-order valence-corrected chi connectivity index (χ0v) is 15.3. The summed E-state index contributed by atoms with van der Waals surface area (Å²) in [5.74, 6) is -0.672. The first-order chi connectivity index (χ1) is 11.5. The summed E-state index contributed by atoms with van der Waals surface area (Å²) in [5, 5.41) is 5.99. The second-order valence-corrected chi connectivity index (χ2v) is 5.96. The zero-order valence-electron chi connectivity index (χ0n) is 13.7. The van der Waals surface area contributed by atoms with Crippen molar-refractivity contribution in [2.75, 3.05) is 5.32 Å². The first-order valence-corrected chi connectivity index (χ1v) is 8.00. The van der Waals surface area contributed by atoms with Gasteiger partial charge in [0.05, 0.1) is 6.04 Å². The lowest BCUT2D eigenvalue weighted by atomic mass is 10.1. The minimum atomic E-state index is -0.738. The second-order valence-electron chi connectivity index (χ2n) is 5.52. The normalized spacial score (nSPS) is 12.4. The third-order valence-electron chi connectivity index (χ3n) is 3.50. The minimum Gasteiger partial charge on any atom is -0.343 e. The molecule has 2 aromatic rings. The summed E-state index contributed by atoms with van der Waals surface area (Å²) < 4.78 is 0. The number of carbonyl (C=O) groups excluding carboxylic acids is 2. The van der Waals surface area contributed by atoms with Crippen LogP contribution in [0.5, 0.6) is 0 Å². The van der Waals surface area contributed by atoms with Gasteiger partial charge in [0.2, 0.25) is 11.8 Å². The van der Waals surface area contributed by atoms with E-state index in [0.717, 1.165) is 5.56 Å². The number of anilines is 1. The van der Waals surface area contributed by atoms with Crippen LogP contribution in [0.1, 0.15) is 12.5 Å². The molecule has 2 amide bonds. The Kier molecular flexibility index (Phi) is 8.41. The van der Waals surface area contributed by atoms with Crippen LogP contribution < -0.4 is 16.4 Å². The van der Waals surface area contributed by atoms with E-state index in [1.54, 1.807) is 31.2 Å². The van der Waals surface area contributed by atoms with E-state index in [2.05, 4.69) is 10.6 Å². The molecular weight excluding hydrogens is 361 g/mol. The van der Waals surface area contributed by atoms with Gasteiger partial charge in [-0.15, -0.1) is 12.4 Å². The first kappa shape index (κ1) is 21.0. The number of para-hydroxylation sites is 1. The fraction of sp³-hybridized carbons (Fsp3) is 0.222. The molecule has 2 aromatic carbocycles. The van der Waals surface area contributed by atoms with Gasteiger partial charge >= 0.3 is 0 Å². The van der Waals surface area contributed by atoms with Crippen molar-refractivity contribution < 1.29 is 9.59 Å². The van der Waals surface area contributed by atoms with Gasteiger partial charge in [0.1, 0.15) is 6.04 Å². The lowest BCUT2D eigenvalue weighted by Gasteiger charge is -2.17. The molecule has 0 heterocycles. The summed E-state index contributed by atoms with van der Waals surface area (Å²) in [6, 6.07) is 14.8. The van der Waals surface area contributed by atoms with E-state index in [9.17, 15) is 9.59 Å². The topological polar surface area (TPSA) is 84.2 Å². The smallest absolute Gasteiger partial charge is 0.246 e. The largest absolute Gasteiger partial charge is 0.343 e. The average Bonchev–Trinajstić information content (AvgIpc) is 2.57. The highest BCUT2D eigenvalue weighted by Crippen LogP contribution is 2.11. The van der Waals surface area contributed by atoms with Crippen molar-refractivity contribution in [3.8, 4) is 0 Å². The highest BCUT2D eigenvalue weighted by Gasteiger charge is 2.20. The van der Waals surface area contributed by atoms with Gasteiger partial charge in [0.15, 0.2) is 0 Å². The van der Waals surface area contributed by atoms with Crippen LogP contribution in [0.25, 0.3) is 0 Å².